The number of fused-ring (bicyclic) bond motifs is 1. The maximum atomic E-state index is 10.3. The van der Waals surface area contributed by atoms with E-state index in [2.05, 4.69) is 49.9 Å². The molecule has 9 heteroatoms. The first-order chi connectivity index (χ1) is 17.6. The van der Waals surface area contributed by atoms with Gasteiger partial charge in [-0.25, -0.2) is 9.50 Å². The van der Waals surface area contributed by atoms with Crippen LogP contribution in [0.15, 0.2) is 54.2 Å². The Balaban J connectivity index is 1.28. The summed E-state index contributed by atoms with van der Waals surface area (Å²) in [6, 6.07) is 6.77. The fourth-order valence-corrected chi connectivity index (χ4v) is 5.73. The smallest absolute Gasteiger partial charge is 0.128 e. The van der Waals surface area contributed by atoms with E-state index in [1.165, 1.54) is 0 Å². The molecule has 36 heavy (non-hydrogen) atoms. The number of aryl methyl sites for hydroxylation is 1. The number of aliphatic imine (C=N–C) groups is 1. The molecule has 0 spiro atoms. The van der Waals surface area contributed by atoms with E-state index in [0.717, 1.165) is 84.6 Å². The lowest BCUT2D eigenvalue weighted by atomic mass is 10.0. The van der Waals surface area contributed by atoms with E-state index in [1.54, 1.807) is 4.68 Å². The van der Waals surface area contributed by atoms with Crippen molar-refractivity contribution in [3.05, 3.63) is 54.7 Å². The van der Waals surface area contributed by atoms with Crippen LogP contribution in [0, 0.1) is 0 Å². The summed E-state index contributed by atoms with van der Waals surface area (Å²) >= 11 is 0. The molecular weight excluding hydrogens is 452 g/mol. The number of hydrogen-bond donors (Lipinski definition) is 1. The molecule has 9 nitrogen and oxygen atoms in total. The number of rotatable bonds is 6. The van der Waals surface area contributed by atoms with Gasteiger partial charge in [0.2, 0.25) is 0 Å². The molecule has 2 aliphatic rings. The Morgan fingerprint density at radius 2 is 1.86 bits per heavy atom. The van der Waals surface area contributed by atoms with Crippen LogP contribution in [0.25, 0.3) is 27.8 Å². The number of hydrogen-bond acceptors (Lipinski definition) is 7. The van der Waals surface area contributed by atoms with Gasteiger partial charge in [0.1, 0.15) is 5.82 Å². The predicted molar refractivity (Wildman–Crippen MR) is 141 cm³/mol. The van der Waals surface area contributed by atoms with Crippen LogP contribution in [0.3, 0.4) is 0 Å². The highest BCUT2D eigenvalue weighted by molar-refractivity contribution is 5.86. The summed E-state index contributed by atoms with van der Waals surface area (Å²) in [4.78, 5) is 13.8. The maximum absolute atomic E-state index is 10.3. The average Bonchev–Trinajstić information content (AvgIpc) is 3.64. The van der Waals surface area contributed by atoms with Crippen molar-refractivity contribution in [1.29, 1.82) is 0 Å². The van der Waals surface area contributed by atoms with Crippen LogP contribution in [0.1, 0.15) is 24.8 Å². The lowest BCUT2D eigenvalue weighted by Gasteiger charge is -2.39. The maximum Gasteiger partial charge on any atom is 0.128 e. The van der Waals surface area contributed by atoms with Crippen molar-refractivity contribution >= 4 is 18.1 Å². The Morgan fingerprint density at radius 3 is 2.53 bits per heavy atom. The first-order valence-electron chi connectivity index (χ1n) is 12.7. The largest absolute Gasteiger partial charge is 0.391 e. The Hall–Kier alpha value is -3.56. The Bertz CT molecular complexity index is 1370. The SMILES string of the molecule is C=NCc1cnn2cc(-c3cnn(C)c3)cc(-c3ccc(N4CCN([C@@H]5CCC[C@H]5O)CC4)nc3)c12. The summed E-state index contributed by atoms with van der Waals surface area (Å²) in [6.07, 6.45) is 12.7. The summed E-state index contributed by atoms with van der Waals surface area (Å²) in [6.45, 7) is 7.96. The third-order valence-electron chi connectivity index (χ3n) is 7.62. The van der Waals surface area contributed by atoms with Crippen molar-refractivity contribution in [2.24, 2.45) is 12.0 Å². The molecule has 1 aliphatic heterocycles. The van der Waals surface area contributed by atoms with Crippen LogP contribution >= 0.6 is 0 Å². The third kappa shape index (κ3) is 4.18. The van der Waals surface area contributed by atoms with Crippen LogP contribution in [0.2, 0.25) is 0 Å². The second-order valence-corrected chi connectivity index (χ2v) is 9.88. The number of anilines is 1. The van der Waals surface area contributed by atoms with Gasteiger partial charge in [-0.15, -0.1) is 0 Å². The van der Waals surface area contributed by atoms with Crippen LogP contribution < -0.4 is 4.90 Å². The molecule has 4 aromatic heterocycles. The van der Waals surface area contributed by atoms with Crippen molar-refractivity contribution in [2.45, 2.75) is 38.0 Å². The van der Waals surface area contributed by atoms with E-state index in [-0.39, 0.29) is 6.10 Å². The number of aliphatic hydroxyl groups excluding tert-OH is 1. The summed E-state index contributed by atoms with van der Waals surface area (Å²) in [5.41, 5.74) is 6.23. The minimum atomic E-state index is -0.169. The zero-order chi connectivity index (χ0) is 24.6. The molecule has 1 saturated carbocycles. The fraction of sp³-hybridized carbons (Fsp3) is 0.407. The highest BCUT2D eigenvalue weighted by atomic mass is 16.3. The molecule has 186 valence electrons. The lowest BCUT2D eigenvalue weighted by Crippen LogP contribution is -2.52. The minimum Gasteiger partial charge on any atom is -0.391 e. The van der Waals surface area contributed by atoms with E-state index in [0.29, 0.717) is 12.6 Å². The quantitative estimate of drug-likeness (QED) is 0.424. The van der Waals surface area contributed by atoms with Crippen molar-refractivity contribution < 1.29 is 5.11 Å². The van der Waals surface area contributed by atoms with Crippen molar-refractivity contribution in [3.8, 4) is 22.3 Å². The van der Waals surface area contributed by atoms with Crippen molar-refractivity contribution in [1.82, 2.24) is 29.3 Å². The van der Waals surface area contributed by atoms with Crippen molar-refractivity contribution in [3.63, 3.8) is 0 Å². The highest BCUT2D eigenvalue weighted by Crippen LogP contribution is 2.33. The summed E-state index contributed by atoms with van der Waals surface area (Å²) in [5, 5.41) is 19.2. The average molecular weight is 485 g/mol. The highest BCUT2D eigenvalue weighted by Gasteiger charge is 2.32. The predicted octanol–water partition coefficient (Wildman–Crippen LogP) is 3.03. The Kier molecular flexibility index (Phi) is 6.02. The molecule has 2 fully saturated rings. The van der Waals surface area contributed by atoms with Crippen LogP contribution in [0.4, 0.5) is 5.82 Å². The molecule has 0 amide bonds. The van der Waals surface area contributed by atoms with Gasteiger partial charge in [0.05, 0.1) is 30.6 Å². The first kappa shape index (κ1) is 22.9. The topological polar surface area (TPSA) is 87.1 Å². The summed E-state index contributed by atoms with van der Waals surface area (Å²) < 4.78 is 3.72. The first-order valence-corrected chi connectivity index (χ1v) is 12.7. The fourth-order valence-electron chi connectivity index (χ4n) is 5.73. The molecule has 0 bridgehead atoms. The molecule has 6 rings (SSSR count). The number of aromatic nitrogens is 5. The monoisotopic (exact) mass is 484 g/mol. The molecule has 0 radical (unpaired) electrons. The van der Waals surface area contributed by atoms with Crippen LogP contribution in [-0.4, -0.2) is 79.4 Å². The third-order valence-corrected chi connectivity index (χ3v) is 7.62. The molecule has 1 aliphatic carbocycles. The molecule has 0 unspecified atom stereocenters. The molecule has 4 aromatic rings. The zero-order valence-corrected chi connectivity index (χ0v) is 20.7. The Morgan fingerprint density at radius 1 is 1.00 bits per heavy atom. The molecule has 5 heterocycles. The Labute approximate surface area is 210 Å². The number of piperazine rings is 1. The molecular formula is C27H32N8O. The number of aliphatic hydroxyl groups is 1. The lowest BCUT2D eigenvalue weighted by molar-refractivity contribution is 0.0671. The van der Waals surface area contributed by atoms with Gasteiger partial charge in [-0.2, -0.15) is 10.2 Å². The van der Waals surface area contributed by atoms with Crippen LogP contribution in [-0.2, 0) is 13.6 Å². The summed E-state index contributed by atoms with van der Waals surface area (Å²) in [7, 11) is 1.92. The van der Waals surface area contributed by atoms with E-state index in [9.17, 15) is 5.11 Å². The van der Waals surface area contributed by atoms with Gasteiger partial charge < -0.3 is 10.0 Å². The standard InChI is InChI=1S/C27H32N8O/c1-28-13-21-15-31-35-18-20(22-16-30-32(2)17-22)12-23(27(21)35)19-6-7-26(29-14-19)34-10-8-33(9-11-34)24-4-3-5-25(24)36/h6-7,12,14-18,24-25,36H,1,3-5,8-11,13H2,2H3/t24-,25-/m1/s1. The van der Waals surface area contributed by atoms with Gasteiger partial charge in [0.15, 0.2) is 0 Å². The van der Waals surface area contributed by atoms with Gasteiger partial charge in [-0.05, 0) is 44.2 Å². The molecule has 0 aromatic carbocycles. The van der Waals surface area contributed by atoms with Gasteiger partial charge in [0.25, 0.3) is 0 Å². The van der Waals surface area contributed by atoms with Gasteiger partial charge in [-0.3, -0.25) is 14.6 Å². The van der Waals surface area contributed by atoms with Crippen LogP contribution in [0.5, 0.6) is 0 Å². The van der Waals surface area contributed by atoms with Crippen molar-refractivity contribution in [2.75, 3.05) is 31.1 Å². The van der Waals surface area contributed by atoms with Gasteiger partial charge in [-0.1, -0.05) is 0 Å². The zero-order valence-electron chi connectivity index (χ0n) is 20.7. The van der Waals surface area contributed by atoms with Gasteiger partial charge >= 0.3 is 0 Å². The number of pyridine rings is 2. The minimum absolute atomic E-state index is 0.169. The normalized spacial score (nSPS) is 20.9. The van der Waals surface area contributed by atoms with E-state index in [4.69, 9.17) is 4.98 Å². The van der Waals surface area contributed by atoms with E-state index < -0.39 is 0 Å². The van der Waals surface area contributed by atoms with E-state index >= 15 is 0 Å². The van der Waals surface area contributed by atoms with E-state index in [1.807, 2.05) is 42.5 Å². The number of nitrogens with zero attached hydrogens (tertiary/aromatic N) is 8. The van der Waals surface area contributed by atoms with Gasteiger partial charge in [0, 0.05) is 85.7 Å². The second kappa shape index (κ2) is 9.48. The second-order valence-electron chi connectivity index (χ2n) is 9.88. The molecule has 1 N–H and O–H groups in total. The summed E-state index contributed by atoms with van der Waals surface area (Å²) in [5.74, 6) is 0.992. The molecule has 1 saturated heterocycles. The molecule has 2 atom stereocenters.